The lowest BCUT2D eigenvalue weighted by Gasteiger charge is -2.15. The highest BCUT2D eigenvalue weighted by molar-refractivity contribution is 7.05. The van der Waals surface area contributed by atoms with Crippen LogP contribution in [0.2, 0.25) is 0 Å². The fourth-order valence-electron chi connectivity index (χ4n) is 1.72. The van der Waals surface area contributed by atoms with Gasteiger partial charge in [-0.05, 0) is 36.6 Å². The molecule has 0 fully saturated rings. The van der Waals surface area contributed by atoms with Gasteiger partial charge in [-0.25, -0.2) is 0 Å². The smallest absolute Gasteiger partial charge is 0.176 e. The summed E-state index contributed by atoms with van der Waals surface area (Å²) >= 11 is 1.43. The first kappa shape index (κ1) is 13.0. The van der Waals surface area contributed by atoms with Crippen LogP contribution in [0.15, 0.2) is 0 Å². The van der Waals surface area contributed by atoms with Crippen molar-refractivity contribution in [1.29, 1.82) is 0 Å². The summed E-state index contributed by atoms with van der Waals surface area (Å²) in [7, 11) is 1.77. The Bertz CT molecular complexity index is 492. The fourth-order valence-corrected chi connectivity index (χ4v) is 2.44. The average molecular weight is 267 g/mol. The van der Waals surface area contributed by atoms with E-state index in [0.717, 1.165) is 29.4 Å². The maximum absolute atomic E-state index is 4.22. The molecule has 1 unspecified atom stereocenters. The van der Waals surface area contributed by atoms with Crippen LogP contribution in [-0.2, 0) is 13.5 Å². The third kappa shape index (κ3) is 3.08. The molecular weight excluding hydrogens is 250 g/mol. The maximum Gasteiger partial charge on any atom is 0.176 e. The molecule has 0 aliphatic rings. The maximum atomic E-state index is 4.22. The molecule has 0 aliphatic heterocycles. The lowest BCUT2D eigenvalue weighted by molar-refractivity contribution is 0.521. The van der Waals surface area contributed by atoms with Crippen LogP contribution in [0, 0.1) is 6.92 Å². The summed E-state index contributed by atoms with van der Waals surface area (Å²) in [6.45, 7) is 5.06. The van der Waals surface area contributed by atoms with Gasteiger partial charge in [-0.1, -0.05) is 11.4 Å². The van der Waals surface area contributed by atoms with E-state index in [1.165, 1.54) is 16.3 Å². The molecule has 1 N–H and O–H groups in total. The molecular formula is C10H17N7S. The number of rotatable bonds is 6. The van der Waals surface area contributed by atoms with E-state index in [0.29, 0.717) is 6.42 Å². The normalized spacial score (nSPS) is 12.8. The van der Waals surface area contributed by atoms with Crippen LogP contribution in [-0.4, -0.2) is 36.3 Å². The SMILES string of the molecule is CCCNC(Cc1nnn(C)n1)c1snnc1C. The van der Waals surface area contributed by atoms with Crippen molar-refractivity contribution in [2.45, 2.75) is 32.7 Å². The Morgan fingerprint density at radius 2 is 2.22 bits per heavy atom. The van der Waals surface area contributed by atoms with Gasteiger partial charge in [0.05, 0.1) is 23.7 Å². The Balaban J connectivity index is 2.12. The van der Waals surface area contributed by atoms with E-state index in [1.54, 1.807) is 7.05 Å². The van der Waals surface area contributed by atoms with Crippen molar-refractivity contribution in [3.8, 4) is 0 Å². The molecule has 2 aromatic rings. The number of aryl methyl sites for hydroxylation is 2. The van der Waals surface area contributed by atoms with Crippen molar-refractivity contribution < 1.29 is 0 Å². The van der Waals surface area contributed by atoms with Crippen molar-refractivity contribution in [3.63, 3.8) is 0 Å². The lowest BCUT2D eigenvalue weighted by atomic mass is 10.1. The van der Waals surface area contributed by atoms with Crippen LogP contribution in [0.25, 0.3) is 0 Å². The summed E-state index contributed by atoms with van der Waals surface area (Å²) in [5, 5.41) is 19.6. The highest BCUT2D eigenvalue weighted by atomic mass is 32.1. The van der Waals surface area contributed by atoms with Crippen molar-refractivity contribution >= 4 is 11.5 Å². The van der Waals surface area contributed by atoms with Gasteiger partial charge in [0.1, 0.15) is 0 Å². The van der Waals surface area contributed by atoms with Gasteiger partial charge in [-0.2, -0.15) is 4.80 Å². The zero-order valence-corrected chi connectivity index (χ0v) is 11.6. The highest BCUT2D eigenvalue weighted by Crippen LogP contribution is 2.22. The van der Waals surface area contributed by atoms with Crippen LogP contribution < -0.4 is 5.32 Å². The topological polar surface area (TPSA) is 81.4 Å². The van der Waals surface area contributed by atoms with Gasteiger partial charge in [0, 0.05) is 6.42 Å². The first-order valence-corrected chi connectivity index (χ1v) is 6.73. The Kier molecular flexibility index (Phi) is 4.32. The molecule has 0 saturated carbocycles. The molecule has 98 valence electrons. The zero-order valence-electron chi connectivity index (χ0n) is 10.8. The van der Waals surface area contributed by atoms with Crippen LogP contribution in [0.3, 0.4) is 0 Å². The molecule has 7 nitrogen and oxygen atoms in total. The minimum Gasteiger partial charge on any atom is -0.309 e. The third-order valence-corrected chi connectivity index (χ3v) is 3.52. The van der Waals surface area contributed by atoms with E-state index in [4.69, 9.17) is 0 Å². The van der Waals surface area contributed by atoms with E-state index in [1.807, 2.05) is 6.92 Å². The molecule has 2 aromatic heterocycles. The van der Waals surface area contributed by atoms with Crippen molar-refractivity contribution in [2.24, 2.45) is 7.05 Å². The standard InChI is InChI=1S/C10H17N7S/c1-4-5-11-8(10-7(2)12-16-18-10)6-9-13-15-17(3)14-9/h8,11H,4-6H2,1-3H3. The Hall–Kier alpha value is -1.41. The van der Waals surface area contributed by atoms with Gasteiger partial charge in [-0.15, -0.1) is 15.3 Å². The predicted octanol–water partition coefficient (Wildman–Crippen LogP) is 0.653. The monoisotopic (exact) mass is 267 g/mol. The molecule has 1 atom stereocenters. The van der Waals surface area contributed by atoms with Gasteiger partial charge in [0.15, 0.2) is 5.82 Å². The summed E-state index contributed by atoms with van der Waals surface area (Å²) < 4.78 is 3.99. The second-order valence-electron chi connectivity index (χ2n) is 4.13. The van der Waals surface area contributed by atoms with Gasteiger partial charge < -0.3 is 5.32 Å². The first-order chi connectivity index (χ1) is 8.70. The molecule has 18 heavy (non-hydrogen) atoms. The summed E-state index contributed by atoms with van der Waals surface area (Å²) in [5.74, 6) is 0.735. The molecule has 2 heterocycles. The number of hydrogen-bond acceptors (Lipinski definition) is 7. The van der Waals surface area contributed by atoms with Gasteiger partial charge >= 0.3 is 0 Å². The van der Waals surface area contributed by atoms with E-state index < -0.39 is 0 Å². The molecule has 0 radical (unpaired) electrons. The number of hydrogen-bond donors (Lipinski definition) is 1. The van der Waals surface area contributed by atoms with E-state index >= 15 is 0 Å². The molecule has 2 rings (SSSR count). The molecule has 0 bridgehead atoms. The molecule has 0 saturated heterocycles. The second-order valence-corrected chi connectivity index (χ2v) is 4.91. The number of tetrazole rings is 1. The quantitative estimate of drug-likeness (QED) is 0.827. The van der Waals surface area contributed by atoms with Gasteiger partial charge in [0.25, 0.3) is 0 Å². The van der Waals surface area contributed by atoms with Gasteiger partial charge in [0.2, 0.25) is 0 Å². The van der Waals surface area contributed by atoms with Gasteiger partial charge in [-0.3, -0.25) is 0 Å². The molecule has 0 aliphatic carbocycles. The average Bonchev–Trinajstić information content (AvgIpc) is 2.93. The van der Waals surface area contributed by atoms with Crippen molar-refractivity contribution in [2.75, 3.05) is 6.54 Å². The number of aromatic nitrogens is 6. The van der Waals surface area contributed by atoms with Crippen LogP contribution >= 0.6 is 11.5 Å². The van der Waals surface area contributed by atoms with Crippen molar-refractivity contribution in [3.05, 3.63) is 16.4 Å². The fraction of sp³-hybridized carbons (Fsp3) is 0.700. The first-order valence-electron chi connectivity index (χ1n) is 5.95. The Morgan fingerprint density at radius 1 is 1.39 bits per heavy atom. The van der Waals surface area contributed by atoms with Crippen LogP contribution in [0.4, 0.5) is 0 Å². The van der Waals surface area contributed by atoms with E-state index in [9.17, 15) is 0 Å². The van der Waals surface area contributed by atoms with E-state index in [2.05, 4.69) is 37.2 Å². The minimum atomic E-state index is 0.161. The molecule has 0 amide bonds. The minimum absolute atomic E-state index is 0.161. The summed E-state index contributed by atoms with van der Waals surface area (Å²) in [6, 6.07) is 0.161. The van der Waals surface area contributed by atoms with E-state index in [-0.39, 0.29) is 6.04 Å². The molecule has 8 heteroatoms. The number of nitrogens with one attached hydrogen (secondary N) is 1. The largest absolute Gasteiger partial charge is 0.309 e. The van der Waals surface area contributed by atoms with Crippen molar-refractivity contribution in [1.82, 2.24) is 35.1 Å². The molecule has 0 spiro atoms. The number of nitrogens with zero attached hydrogens (tertiary/aromatic N) is 6. The summed E-state index contributed by atoms with van der Waals surface area (Å²) in [4.78, 5) is 2.63. The zero-order chi connectivity index (χ0) is 13.0. The second kappa shape index (κ2) is 5.96. The third-order valence-electron chi connectivity index (χ3n) is 2.58. The van der Waals surface area contributed by atoms with Crippen LogP contribution in [0.1, 0.15) is 35.8 Å². The predicted molar refractivity (Wildman–Crippen MR) is 68.2 cm³/mol. The summed E-state index contributed by atoms with van der Waals surface area (Å²) in [5.41, 5.74) is 0.970. The lowest BCUT2D eigenvalue weighted by Crippen LogP contribution is -2.24. The van der Waals surface area contributed by atoms with Crippen LogP contribution in [0.5, 0.6) is 0 Å². The summed E-state index contributed by atoms with van der Waals surface area (Å²) in [6.07, 6.45) is 1.79. The molecule has 0 aromatic carbocycles. The highest BCUT2D eigenvalue weighted by Gasteiger charge is 2.19. The Labute approximate surface area is 110 Å². The Morgan fingerprint density at radius 3 is 2.78 bits per heavy atom.